The number of alkyl halides is 3. The summed E-state index contributed by atoms with van der Waals surface area (Å²) >= 11 is 0. The van der Waals surface area contributed by atoms with Gasteiger partial charge in [-0.1, -0.05) is 24.3 Å². The first kappa shape index (κ1) is 16.9. The van der Waals surface area contributed by atoms with Gasteiger partial charge in [0.05, 0.1) is 12.0 Å². The van der Waals surface area contributed by atoms with Gasteiger partial charge in [0.2, 0.25) is 11.5 Å². The lowest BCUT2D eigenvalue weighted by Crippen LogP contribution is -2.45. The predicted octanol–water partition coefficient (Wildman–Crippen LogP) is 2.91. The lowest BCUT2D eigenvalue weighted by molar-refractivity contribution is -0.247. The molecule has 1 aromatic rings. The first-order chi connectivity index (χ1) is 12.3. The van der Waals surface area contributed by atoms with Gasteiger partial charge in [-0.3, -0.25) is 4.79 Å². The molecule has 0 bridgehead atoms. The van der Waals surface area contributed by atoms with Crippen molar-refractivity contribution in [1.82, 2.24) is 4.90 Å². The number of rotatable bonds is 1. The molecule has 0 aromatic heterocycles. The molecule has 4 nitrogen and oxygen atoms in total. The minimum absolute atomic E-state index is 0.0485. The van der Waals surface area contributed by atoms with E-state index in [4.69, 9.17) is 0 Å². The molecule has 26 heavy (non-hydrogen) atoms. The maximum absolute atomic E-state index is 13.9. The highest BCUT2D eigenvalue weighted by atomic mass is 19.4. The fraction of sp³-hybridized carbons (Fsp3) is 0.368. The number of allylic oxidation sites excluding steroid dienone is 1. The van der Waals surface area contributed by atoms with Crippen molar-refractivity contribution in [3.8, 4) is 6.07 Å². The Hall–Kier alpha value is -2.59. The van der Waals surface area contributed by atoms with Crippen LogP contribution in [0.15, 0.2) is 41.5 Å². The Balaban J connectivity index is 1.93. The molecule has 0 radical (unpaired) electrons. The van der Waals surface area contributed by atoms with Crippen LogP contribution in [0.25, 0.3) is 5.57 Å². The first-order valence-electron chi connectivity index (χ1n) is 8.32. The smallest absolute Gasteiger partial charge is 0.372 e. The van der Waals surface area contributed by atoms with Crippen LogP contribution in [0.2, 0.25) is 0 Å². The second-order valence-corrected chi connectivity index (χ2v) is 6.78. The number of aliphatic hydroxyl groups is 1. The minimum atomic E-state index is -4.97. The van der Waals surface area contributed by atoms with Gasteiger partial charge in [0.1, 0.15) is 0 Å². The molecule has 1 N–H and O–H groups in total. The summed E-state index contributed by atoms with van der Waals surface area (Å²) in [6, 6.07) is 7.72. The number of amides is 1. The lowest BCUT2D eigenvalue weighted by Gasteiger charge is -2.34. The molecule has 3 aliphatic rings. The average Bonchev–Trinajstić information content (AvgIpc) is 2.83. The summed E-state index contributed by atoms with van der Waals surface area (Å²) in [5.41, 5.74) is -3.36. The average molecular weight is 360 g/mol. The predicted molar refractivity (Wildman–Crippen MR) is 86.3 cm³/mol. The number of nitriles is 1. The number of benzene rings is 1. The van der Waals surface area contributed by atoms with Gasteiger partial charge in [0.15, 0.2) is 0 Å². The van der Waals surface area contributed by atoms with E-state index in [9.17, 15) is 28.3 Å². The Morgan fingerprint density at radius 2 is 2.00 bits per heavy atom. The van der Waals surface area contributed by atoms with Crippen LogP contribution in [0.1, 0.15) is 24.0 Å². The molecule has 0 saturated carbocycles. The van der Waals surface area contributed by atoms with Crippen molar-refractivity contribution in [1.29, 1.82) is 5.26 Å². The van der Waals surface area contributed by atoms with Crippen molar-refractivity contribution >= 4 is 11.5 Å². The lowest BCUT2D eigenvalue weighted by atomic mass is 9.80. The summed E-state index contributed by atoms with van der Waals surface area (Å²) in [6.45, 7) is 1.12. The Morgan fingerprint density at radius 3 is 2.58 bits per heavy atom. The molecule has 4 rings (SSSR count). The van der Waals surface area contributed by atoms with Crippen molar-refractivity contribution < 1.29 is 23.1 Å². The summed E-state index contributed by atoms with van der Waals surface area (Å²) in [7, 11) is 0. The highest BCUT2D eigenvalue weighted by Crippen LogP contribution is 2.57. The summed E-state index contributed by atoms with van der Waals surface area (Å²) in [5.74, 6) is -1.27. The van der Waals surface area contributed by atoms with Crippen molar-refractivity contribution in [2.45, 2.75) is 24.6 Å². The molecular formula is C19H15F3N2O2. The van der Waals surface area contributed by atoms with Crippen LogP contribution in [0.3, 0.4) is 0 Å². The number of nitrogens with zero attached hydrogens (tertiary/aromatic N) is 2. The molecule has 1 aromatic carbocycles. The van der Waals surface area contributed by atoms with Crippen molar-refractivity contribution in [3.63, 3.8) is 0 Å². The molecule has 2 atom stereocenters. The molecule has 1 aliphatic heterocycles. The molecule has 1 amide bonds. The van der Waals surface area contributed by atoms with Gasteiger partial charge in [0.25, 0.3) is 0 Å². The van der Waals surface area contributed by atoms with Crippen LogP contribution in [-0.2, 0) is 10.4 Å². The van der Waals surface area contributed by atoms with Gasteiger partial charge in [-0.25, -0.2) is 0 Å². The number of hydrogen-bond acceptors (Lipinski definition) is 3. The van der Waals surface area contributed by atoms with E-state index >= 15 is 0 Å². The maximum Gasteiger partial charge on any atom is 0.425 e. The summed E-state index contributed by atoms with van der Waals surface area (Å²) in [4.78, 5) is 14.1. The van der Waals surface area contributed by atoms with E-state index in [0.717, 1.165) is 12.5 Å². The van der Waals surface area contributed by atoms with Crippen molar-refractivity contribution in [2.24, 2.45) is 5.92 Å². The highest BCUT2D eigenvalue weighted by molar-refractivity contribution is 5.98. The van der Waals surface area contributed by atoms with E-state index in [1.165, 1.54) is 18.2 Å². The van der Waals surface area contributed by atoms with E-state index in [0.29, 0.717) is 13.1 Å². The van der Waals surface area contributed by atoms with Gasteiger partial charge < -0.3 is 10.0 Å². The van der Waals surface area contributed by atoms with Crippen LogP contribution in [0.5, 0.6) is 0 Å². The summed E-state index contributed by atoms with van der Waals surface area (Å²) < 4.78 is 41.7. The highest BCUT2D eigenvalue weighted by Gasteiger charge is 2.62. The third kappa shape index (κ3) is 2.08. The van der Waals surface area contributed by atoms with E-state index in [-0.39, 0.29) is 34.6 Å². The van der Waals surface area contributed by atoms with E-state index < -0.39 is 23.3 Å². The Bertz CT molecular complexity index is 906. The topological polar surface area (TPSA) is 64.3 Å². The summed E-state index contributed by atoms with van der Waals surface area (Å²) in [5, 5.41) is 20.3. The molecule has 1 saturated heterocycles. The molecule has 1 heterocycles. The van der Waals surface area contributed by atoms with Crippen LogP contribution in [0, 0.1) is 17.2 Å². The molecule has 2 aliphatic carbocycles. The second kappa shape index (κ2) is 5.45. The maximum atomic E-state index is 13.9. The molecule has 0 spiro atoms. The number of hydrogen-bond donors (Lipinski definition) is 1. The zero-order chi connectivity index (χ0) is 18.7. The number of carbonyl (C=O) groups excluding carboxylic acids is 1. The van der Waals surface area contributed by atoms with Gasteiger partial charge in [0, 0.05) is 29.8 Å². The third-order valence-corrected chi connectivity index (χ3v) is 5.36. The summed E-state index contributed by atoms with van der Waals surface area (Å²) in [6.07, 6.45) is -2.92. The monoisotopic (exact) mass is 360 g/mol. The molecule has 1 fully saturated rings. The van der Waals surface area contributed by atoms with Gasteiger partial charge in [-0.05, 0) is 30.1 Å². The number of carbonyl (C=O) groups is 1. The van der Waals surface area contributed by atoms with Gasteiger partial charge >= 0.3 is 6.18 Å². The van der Waals surface area contributed by atoms with E-state index in [1.807, 2.05) is 6.07 Å². The van der Waals surface area contributed by atoms with Crippen LogP contribution in [0.4, 0.5) is 13.2 Å². The first-order valence-corrected chi connectivity index (χ1v) is 8.32. The van der Waals surface area contributed by atoms with E-state index in [1.54, 1.807) is 11.0 Å². The second-order valence-electron chi connectivity index (χ2n) is 6.78. The fourth-order valence-electron chi connectivity index (χ4n) is 3.92. The van der Waals surface area contributed by atoms with Crippen molar-refractivity contribution in [2.75, 3.05) is 13.1 Å². The molecule has 134 valence electrons. The molecule has 7 heteroatoms. The Labute approximate surface area is 147 Å². The number of fused-ring (bicyclic) bond motifs is 2. The minimum Gasteiger partial charge on any atom is -0.372 e. The standard InChI is InChI=1S/C19H15F3N2O2/c20-19(21,22)18(26)14-5-2-1-4-13(14)16-12(10-23)8-11(9-15(16)18)17(25)24-6-3-7-24/h1-2,4-5,9,12,26H,3,6-8H2. The van der Waals surface area contributed by atoms with Gasteiger partial charge in [-0.2, -0.15) is 18.4 Å². The third-order valence-electron chi connectivity index (χ3n) is 5.36. The van der Waals surface area contributed by atoms with Crippen LogP contribution in [-0.4, -0.2) is 35.2 Å². The Morgan fingerprint density at radius 1 is 1.31 bits per heavy atom. The fourth-order valence-corrected chi connectivity index (χ4v) is 3.92. The molecule has 2 unspecified atom stereocenters. The quantitative estimate of drug-likeness (QED) is 0.838. The Kier molecular flexibility index (Phi) is 3.53. The van der Waals surface area contributed by atoms with Gasteiger partial charge in [-0.15, -0.1) is 0 Å². The number of halogens is 3. The van der Waals surface area contributed by atoms with E-state index in [2.05, 4.69) is 0 Å². The van der Waals surface area contributed by atoms with Crippen LogP contribution >= 0.6 is 0 Å². The molecular weight excluding hydrogens is 345 g/mol. The normalized spacial score (nSPS) is 27.3. The largest absolute Gasteiger partial charge is 0.425 e. The number of likely N-dealkylation sites (tertiary alicyclic amines) is 1. The van der Waals surface area contributed by atoms with Crippen molar-refractivity contribution in [3.05, 3.63) is 52.6 Å². The zero-order valence-electron chi connectivity index (χ0n) is 13.7. The SMILES string of the molecule is N#CC1CC(C(=O)N2CCC2)=CC2=C1c1ccccc1C2(O)C(F)(F)F. The van der Waals surface area contributed by atoms with Crippen LogP contribution < -0.4 is 0 Å². The zero-order valence-corrected chi connectivity index (χ0v) is 13.7.